The van der Waals surface area contributed by atoms with Crippen molar-refractivity contribution in [1.82, 2.24) is 14.8 Å². The fourth-order valence-electron chi connectivity index (χ4n) is 1.60. The summed E-state index contributed by atoms with van der Waals surface area (Å²) in [7, 11) is 0. The van der Waals surface area contributed by atoms with Crippen molar-refractivity contribution >= 4 is 23.2 Å². The van der Waals surface area contributed by atoms with E-state index < -0.39 is 0 Å². The lowest BCUT2D eigenvalue weighted by Crippen LogP contribution is -2.21. The van der Waals surface area contributed by atoms with E-state index in [0.717, 1.165) is 0 Å². The Morgan fingerprint density at radius 3 is 2.95 bits per heavy atom. The van der Waals surface area contributed by atoms with Gasteiger partial charge < -0.3 is 10.1 Å². The van der Waals surface area contributed by atoms with Crippen LogP contribution in [0.3, 0.4) is 0 Å². The summed E-state index contributed by atoms with van der Waals surface area (Å²) in [6.07, 6.45) is 2.91. The van der Waals surface area contributed by atoms with Crippen LogP contribution in [-0.4, -0.2) is 33.4 Å². The Balaban J connectivity index is 2.20. The molecule has 7 heteroatoms. The molecule has 0 aliphatic rings. The van der Waals surface area contributed by atoms with Crippen LogP contribution in [0.4, 0.5) is 5.69 Å². The van der Waals surface area contributed by atoms with Crippen LogP contribution in [0, 0.1) is 0 Å². The summed E-state index contributed by atoms with van der Waals surface area (Å²) in [5, 5.41) is 7.26. The molecule has 0 fully saturated rings. The Morgan fingerprint density at radius 1 is 1.50 bits per heavy atom. The van der Waals surface area contributed by atoms with Gasteiger partial charge in [-0.2, -0.15) is 5.10 Å². The van der Waals surface area contributed by atoms with Gasteiger partial charge in [-0.3, -0.25) is 4.79 Å². The van der Waals surface area contributed by atoms with Gasteiger partial charge in [0, 0.05) is 0 Å². The first-order valence-corrected chi connectivity index (χ1v) is 6.50. The molecular formula is C13H15ClN4O2. The molecule has 1 N–H and O–H groups in total. The Morgan fingerprint density at radius 2 is 2.30 bits per heavy atom. The van der Waals surface area contributed by atoms with Crippen molar-refractivity contribution in [2.45, 2.75) is 20.0 Å². The topological polar surface area (TPSA) is 69.0 Å². The van der Waals surface area contributed by atoms with Gasteiger partial charge in [-0.25, -0.2) is 9.67 Å². The van der Waals surface area contributed by atoms with Crippen LogP contribution >= 0.6 is 11.6 Å². The molecule has 106 valence electrons. The number of ether oxygens (including phenoxy) is 1. The number of para-hydroxylation sites is 1. The van der Waals surface area contributed by atoms with E-state index in [1.165, 1.54) is 17.3 Å². The molecule has 1 aromatic heterocycles. The molecule has 0 aliphatic heterocycles. The van der Waals surface area contributed by atoms with Gasteiger partial charge in [-0.05, 0) is 26.0 Å². The van der Waals surface area contributed by atoms with Crippen LogP contribution in [0.15, 0.2) is 30.9 Å². The maximum absolute atomic E-state index is 11.8. The molecule has 0 atom stereocenters. The van der Waals surface area contributed by atoms with Crippen LogP contribution in [0.2, 0.25) is 5.02 Å². The summed E-state index contributed by atoms with van der Waals surface area (Å²) in [5.74, 6) is -0.248. The summed E-state index contributed by atoms with van der Waals surface area (Å²) in [4.78, 5) is 15.7. The van der Waals surface area contributed by atoms with Crippen LogP contribution < -0.4 is 5.32 Å². The largest absolute Gasteiger partial charge is 0.369 e. The van der Waals surface area contributed by atoms with Gasteiger partial charge in [-0.15, -0.1) is 0 Å². The lowest BCUT2D eigenvalue weighted by Gasteiger charge is -2.13. The van der Waals surface area contributed by atoms with E-state index in [2.05, 4.69) is 15.4 Å². The van der Waals surface area contributed by atoms with Crippen molar-refractivity contribution in [3.63, 3.8) is 0 Å². The maximum Gasteiger partial charge on any atom is 0.250 e. The van der Waals surface area contributed by atoms with Gasteiger partial charge in [0.2, 0.25) is 5.91 Å². The highest BCUT2D eigenvalue weighted by molar-refractivity contribution is 6.33. The number of carbonyl (C=O) groups excluding carboxylic acids is 1. The van der Waals surface area contributed by atoms with Crippen LogP contribution in [0.1, 0.15) is 13.8 Å². The first-order chi connectivity index (χ1) is 9.58. The number of nitrogens with one attached hydrogen (secondary N) is 1. The van der Waals surface area contributed by atoms with Gasteiger partial charge in [0.15, 0.2) is 0 Å². The fraction of sp³-hybridized carbons (Fsp3) is 0.308. The first-order valence-electron chi connectivity index (χ1n) is 6.13. The Labute approximate surface area is 121 Å². The third-order valence-electron chi connectivity index (χ3n) is 2.46. The lowest BCUT2D eigenvalue weighted by molar-refractivity contribution is -0.121. The van der Waals surface area contributed by atoms with Crippen molar-refractivity contribution in [3.8, 4) is 5.69 Å². The average molecular weight is 295 g/mol. The number of amides is 1. The van der Waals surface area contributed by atoms with Gasteiger partial charge in [0.25, 0.3) is 0 Å². The summed E-state index contributed by atoms with van der Waals surface area (Å²) in [6.45, 7) is 3.72. The van der Waals surface area contributed by atoms with Crippen LogP contribution in [0.5, 0.6) is 0 Å². The number of hydrogen-bond donors (Lipinski definition) is 1. The summed E-state index contributed by atoms with van der Waals surface area (Å²) < 4.78 is 6.76. The van der Waals surface area contributed by atoms with Gasteiger partial charge >= 0.3 is 0 Å². The molecule has 1 heterocycles. The van der Waals surface area contributed by atoms with Crippen molar-refractivity contribution in [1.29, 1.82) is 0 Å². The highest BCUT2D eigenvalue weighted by Crippen LogP contribution is 2.27. The normalized spacial score (nSPS) is 10.8. The Bertz CT molecular complexity index is 584. The summed E-state index contributed by atoms with van der Waals surface area (Å²) in [6, 6.07) is 5.22. The Hall–Kier alpha value is -1.92. The molecule has 0 bridgehead atoms. The number of aromatic nitrogens is 3. The molecule has 0 saturated carbocycles. The lowest BCUT2D eigenvalue weighted by atomic mass is 10.2. The second-order valence-electron chi connectivity index (χ2n) is 4.38. The SMILES string of the molecule is CC(C)OCC(=O)Nc1cccc(Cl)c1-n1cncn1. The summed E-state index contributed by atoms with van der Waals surface area (Å²) in [5.41, 5.74) is 1.13. The zero-order valence-electron chi connectivity index (χ0n) is 11.2. The molecule has 1 aromatic carbocycles. The fourth-order valence-corrected chi connectivity index (χ4v) is 1.86. The number of benzene rings is 1. The maximum atomic E-state index is 11.8. The number of nitrogens with zero attached hydrogens (tertiary/aromatic N) is 3. The van der Waals surface area contributed by atoms with E-state index in [9.17, 15) is 4.79 Å². The van der Waals surface area contributed by atoms with Crippen LogP contribution in [-0.2, 0) is 9.53 Å². The molecule has 6 nitrogen and oxygen atoms in total. The zero-order valence-corrected chi connectivity index (χ0v) is 12.0. The predicted molar refractivity (Wildman–Crippen MR) is 76.1 cm³/mol. The molecule has 2 rings (SSSR count). The molecule has 2 aromatic rings. The number of halogens is 1. The van der Waals surface area contributed by atoms with Crippen molar-refractivity contribution in [2.75, 3.05) is 11.9 Å². The smallest absolute Gasteiger partial charge is 0.250 e. The molecule has 20 heavy (non-hydrogen) atoms. The number of carbonyl (C=O) groups is 1. The van der Waals surface area contributed by atoms with E-state index in [-0.39, 0.29) is 18.6 Å². The van der Waals surface area contributed by atoms with E-state index in [1.54, 1.807) is 18.2 Å². The van der Waals surface area contributed by atoms with E-state index in [4.69, 9.17) is 16.3 Å². The van der Waals surface area contributed by atoms with Crippen molar-refractivity contribution in [3.05, 3.63) is 35.9 Å². The highest BCUT2D eigenvalue weighted by atomic mass is 35.5. The second-order valence-corrected chi connectivity index (χ2v) is 4.79. The quantitative estimate of drug-likeness (QED) is 0.918. The van der Waals surface area contributed by atoms with Crippen LogP contribution in [0.25, 0.3) is 5.69 Å². The number of rotatable bonds is 5. The average Bonchev–Trinajstić information content (AvgIpc) is 2.90. The molecule has 0 saturated heterocycles. The standard InChI is InChI=1S/C13H15ClN4O2/c1-9(2)20-6-12(19)17-11-5-3-4-10(14)13(11)18-8-15-7-16-18/h3-5,7-9H,6H2,1-2H3,(H,17,19). The molecule has 0 aliphatic carbocycles. The molecule has 0 radical (unpaired) electrons. The first kappa shape index (κ1) is 14.5. The monoisotopic (exact) mass is 294 g/mol. The Kier molecular flexibility index (Phi) is 4.70. The van der Waals surface area contributed by atoms with E-state index in [1.807, 2.05) is 13.8 Å². The van der Waals surface area contributed by atoms with Gasteiger partial charge in [0.05, 0.1) is 16.8 Å². The second kappa shape index (κ2) is 6.49. The van der Waals surface area contributed by atoms with Gasteiger partial charge in [-0.1, -0.05) is 17.7 Å². The highest BCUT2D eigenvalue weighted by Gasteiger charge is 2.13. The van der Waals surface area contributed by atoms with E-state index in [0.29, 0.717) is 16.4 Å². The molecule has 0 unspecified atom stereocenters. The minimum Gasteiger partial charge on any atom is -0.369 e. The predicted octanol–water partition coefficient (Wildman–Crippen LogP) is 2.28. The molecule has 0 spiro atoms. The number of anilines is 1. The van der Waals surface area contributed by atoms with Crippen molar-refractivity contribution in [2.24, 2.45) is 0 Å². The van der Waals surface area contributed by atoms with Crippen molar-refractivity contribution < 1.29 is 9.53 Å². The minimum absolute atomic E-state index is 0.00472. The van der Waals surface area contributed by atoms with E-state index >= 15 is 0 Å². The summed E-state index contributed by atoms with van der Waals surface area (Å²) >= 11 is 6.16. The minimum atomic E-state index is -0.248. The molecule has 1 amide bonds. The zero-order chi connectivity index (χ0) is 14.5. The molecular weight excluding hydrogens is 280 g/mol. The third kappa shape index (κ3) is 3.55. The third-order valence-corrected chi connectivity index (χ3v) is 2.76. The number of hydrogen-bond acceptors (Lipinski definition) is 4. The van der Waals surface area contributed by atoms with Gasteiger partial charge in [0.1, 0.15) is 24.9 Å².